The summed E-state index contributed by atoms with van der Waals surface area (Å²) in [6.45, 7) is 1.59. The minimum atomic E-state index is -0.310. The first-order valence-electron chi connectivity index (χ1n) is 6.74. The molecule has 0 saturated heterocycles. The van der Waals surface area contributed by atoms with Gasteiger partial charge in [-0.3, -0.25) is 10.1 Å². The van der Waals surface area contributed by atoms with Gasteiger partial charge in [-0.2, -0.15) is 0 Å². The van der Waals surface area contributed by atoms with Gasteiger partial charge in [-0.05, 0) is 49.1 Å². The van der Waals surface area contributed by atoms with E-state index in [4.69, 9.17) is 0 Å². The number of hydrogen-bond donors (Lipinski definition) is 1. The number of nitro benzene ring substituents is 1. The Bertz CT molecular complexity index is 510. The van der Waals surface area contributed by atoms with Gasteiger partial charge >= 0.3 is 0 Å². The molecule has 2 fully saturated rings. The van der Waals surface area contributed by atoms with Crippen molar-refractivity contribution in [3.8, 4) is 0 Å². The third-order valence-electron chi connectivity index (χ3n) is 4.37. The lowest BCUT2D eigenvalue weighted by molar-refractivity contribution is -0.385. The summed E-state index contributed by atoms with van der Waals surface area (Å²) >= 11 is 3.28. The molecule has 0 atom stereocenters. The second-order valence-corrected chi connectivity index (χ2v) is 6.69. The fourth-order valence-electron chi connectivity index (χ4n) is 2.89. The third kappa shape index (κ3) is 2.82. The molecule has 2 saturated carbocycles. The van der Waals surface area contributed by atoms with Crippen LogP contribution in [-0.4, -0.2) is 11.5 Å². The first-order chi connectivity index (χ1) is 9.11. The fraction of sp³-hybridized carbons (Fsp3) is 0.571. The van der Waals surface area contributed by atoms with Crippen LogP contribution in [0.1, 0.15) is 31.2 Å². The lowest BCUT2D eigenvalue weighted by Crippen LogP contribution is -2.25. The number of rotatable bonds is 6. The summed E-state index contributed by atoms with van der Waals surface area (Å²) in [5.41, 5.74) is 1.49. The minimum absolute atomic E-state index is 0.193. The van der Waals surface area contributed by atoms with Crippen LogP contribution < -0.4 is 5.32 Å². The Kier molecular flexibility index (Phi) is 3.35. The maximum absolute atomic E-state index is 11.0. The van der Waals surface area contributed by atoms with E-state index in [2.05, 4.69) is 21.2 Å². The van der Waals surface area contributed by atoms with Gasteiger partial charge in [0.2, 0.25) is 0 Å². The third-order valence-corrected chi connectivity index (χ3v) is 4.87. The molecule has 102 valence electrons. The second-order valence-electron chi connectivity index (χ2n) is 5.77. The first-order valence-corrected chi connectivity index (χ1v) is 7.54. The molecule has 4 nitrogen and oxygen atoms in total. The van der Waals surface area contributed by atoms with Crippen molar-refractivity contribution in [2.75, 3.05) is 6.54 Å². The van der Waals surface area contributed by atoms with E-state index in [1.165, 1.54) is 25.7 Å². The van der Waals surface area contributed by atoms with E-state index in [1.54, 1.807) is 6.07 Å². The molecule has 19 heavy (non-hydrogen) atoms. The first kappa shape index (κ1) is 13.1. The number of hydrogen-bond acceptors (Lipinski definition) is 3. The topological polar surface area (TPSA) is 55.2 Å². The molecule has 0 heterocycles. The van der Waals surface area contributed by atoms with E-state index < -0.39 is 0 Å². The average Bonchev–Trinajstić information content (AvgIpc) is 3.24. The molecule has 0 aromatic heterocycles. The molecule has 0 amide bonds. The highest BCUT2D eigenvalue weighted by Crippen LogP contribution is 2.60. The number of nitrogens with zero attached hydrogens (tertiary/aromatic N) is 1. The van der Waals surface area contributed by atoms with Gasteiger partial charge in [0.1, 0.15) is 0 Å². The molecule has 0 radical (unpaired) electrons. The van der Waals surface area contributed by atoms with Gasteiger partial charge in [-0.15, -0.1) is 0 Å². The largest absolute Gasteiger partial charge is 0.312 e. The predicted octanol–water partition coefficient (Wildman–Crippen LogP) is 3.64. The molecule has 1 aromatic carbocycles. The maximum Gasteiger partial charge on any atom is 0.275 e. The van der Waals surface area contributed by atoms with Crippen LogP contribution in [0.4, 0.5) is 5.69 Å². The standard InChI is InChI=1S/C14H17BrN2O2/c15-12-4-1-10(13(7-12)17(18)19)8-16-9-14(5-6-14)11-2-3-11/h1,4,7,11,16H,2-3,5-6,8-9H2. The number of halogens is 1. The van der Waals surface area contributed by atoms with Crippen molar-refractivity contribution in [2.45, 2.75) is 32.2 Å². The van der Waals surface area contributed by atoms with E-state index in [9.17, 15) is 10.1 Å². The summed E-state index contributed by atoms with van der Waals surface area (Å²) in [5, 5.41) is 14.4. The zero-order valence-corrected chi connectivity index (χ0v) is 12.3. The fourth-order valence-corrected chi connectivity index (χ4v) is 3.24. The van der Waals surface area contributed by atoms with Crippen molar-refractivity contribution in [2.24, 2.45) is 11.3 Å². The van der Waals surface area contributed by atoms with Gasteiger partial charge in [-0.1, -0.05) is 15.9 Å². The summed E-state index contributed by atoms with van der Waals surface area (Å²) < 4.78 is 0.750. The molecule has 3 rings (SSSR count). The van der Waals surface area contributed by atoms with Gasteiger partial charge < -0.3 is 5.32 Å². The van der Waals surface area contributed by atoms with Gasteiger partial charge in [-0.25, -0.2) is 0 Å². The zero-order valence-electron chi connectivity index (χ0n) is 10.7. The Balaban J connectivity index is 1.62. The monoisotopic (exact) mass is 324 g/mol. The number of nitro groups is 1. The van der Waals surface area contributed by atoms with Gasteiger partial charge in [0.25, 0.3) is 5.69 Å². The van der Waals surface area contributed by atoms with Crippen LogP contribution in [0, 0.1) is 21.4 Å². The predicted molar refractivity (Wildman–Crippen MR) is 76.9 cm³/mol. The number of benzene rings is 1. The summed E-state index contributed by atoms with van der Waals surface area (Å²) in [6, 6.07) is 5.26. The van der Waals surface area contributed by atoms with Crippen molar-refractivity contribution in [1.82, 2.24) is 5.32 Å². The summed E-state index contributed by atoms with van der Waals surface area (Å²) in [6.07, 6.45) is 5.40. The SMILES string of the molecule is O=[N+]([O-])c1cc(Br)ccc1CNCC1(C2CC2)CC1. The normalized spacial score (nSPS) is 20.3. The van der Waals surface area contributed by atoms with Crippen molar-refractivity contribution in [3.05, 3.63) is 38.3 Å². The molecule has 0 unspecified atom stereocenters. The van der Waals surface area contributed by atoms with Crippen molar-refractivity contribution in [3.63, 3.8) is 0 Å². The quantitative estimate of drug-likeness (QED) is 0.642. The van der Waals surface area contributed by atoms with Crippen LogP contribution in [0.5, 0.6) is 0 Å². The average molecular weight is 325 g/mol. The highest BCUT2D eigenvalue weighted by molar-refractivity contribution is 9.10. The highest BCUT2D eigenvalue weighted by Gasteiger charge is 2.53. The summed E-state index contributed by atoms with van der Waals surface area (Å²) in [5.74, 6) is 0.917. The van der Waals surface area contributed by atoms with Crippen LogP contribution in [0.15, 0.2) is 22.7 Å². The molecule has 1 aromatic rings. The smallest absolute Gasteiger partial charge is 0.275 e. The van der Waals surface area contributed by atoms with Gasteiger partial charge in [0, 0.05) is 29.2 Å². The molecule has 2 aliphatic carbocycles. The molecule has 0 bridgehead atoms. The second kappa shape index (κ2) is 4.87. The highest BCUT2D eigenvalue weighted by atomic mass is 79.9. The maximum atomic E-state index is 11.0. The van der Waals surface area contributed by atoms with Crippen molar-refractivity contribution < 1.29 is 4.92 Å². The van der Waals surface area contributed by atoms with Crippen LogP contribution >= 0.6 is 15.9 Å². The molecule has 0 spiro atoms. The van der Waals surface area contributed by atoms with Crippen LogP contribution in [-0.2, 0) is 6.54 Å². The lowest BCUT2D eigenvalue weighted by atomic mass is 10.0. The van der Waals surface area contributed by atoms with E-state index >= 15 is 0 Å². The Morgan fingerprint density at radius 3 is 2.74 bits per heavy atom. The Labute approximate surface area is 120 Å². The zero-order chi connectivity index (χ0) is 13.5. The van der Waals surface area contributed by atoms with Crippen molar-refractivity contribution in [1.29, 1.82) is 0 Å². The van der Waals surface area contributed by atoms with Crippen LogP contribution in [0.2, 0.25) is 0 Å². The molecule has 0 aliphatic heterocycles. The van der Waals surface area contributed by atoms with E-state index in [0.29, 0.717) is 12.0 Å². The van der Waals surface area contributed by atoms with Crippen LogP contribution in [0.25, 0.3) is 0 Å². The molecule has 2 aliphatic rings. The summed E-state index contributed by atoms with van der Waals surface area (Å²) in [4.78, 5) is 10.7. The van der Waals surface area contributed by atoms with Crippen molar-refractivity contribution >= 4 is 21.6 Å². The van der Waals surface area contributed by atoms with Crippen LogP contribution in [0.3, 0.4) is 0 Å². The lowest BCUT2D eigenvalue weighted by Gasteiger charge is -2.15. The minimum Gasteiger partial charge on any atom is -0.312 e. The molecule has 5 heteroatoms. The molecular weight excluding hydrogens is 308 g/mol. The number of nitrogens with one attached hydrogen (secondary N) is 1. The Hall–Kier alpha value is -0.940. The Morgan fingerprint density at radius 2 is 2.16 bits per heavy atom. The van der Waals surface area contributed by atoms with E-state index in [0.717, 1.165) is 22.5 Å². The molecular formula is C14H17BrN2O2. The van der Waals surface area contributed by atoms with E-state index in [-0.39, 0.29) is 10.6 Å². The van der Waals surface area contributed by atoms with E-state index in [1.807, 2.05) is 12.1 Å². The molecule has 1 N–H and O–H groups in total. The Morgan fingerprint density at radius 1 is 1.42 bits per heavy atom. The van der Waals surface area contributed by atoms with Gasteiger partial charge in [0.05, 0.1) is 4.92 Å². The summed E-state index contributed by atoms with van der Waals surface area (Å²) in [7, 11) is 0. The van der Waals surface area contributed by atoms with Gasteiger partial charge in [0.15, 0.2) is 0 Å².